The normalized spacial score (nSPS) is 9.71. The van der Waals surface area contributed by atoms with Crippen molar-refractivity contribution in [2.45, 2.75) is 0 Å². The highest BCUT2D eigenvalue weighted by atomic mass is 35.5. The lowest BCUT2D eigenvalue weighted by molar-refractivity contribution is 0.824. The van der Waals surface area contributed by atoms with Crippen LogP contribution in [0.25, 0.3) is 20.8 Å². The number of aromatic nitrogens is 1. The number of hydrogen-bond donors (Lipinski definition) is 3. The van der Waals surface area contributed by atoms with Gasteiger partial charge < -0.3 is 16.9 Å². The van der Waals surface area contributed by atoms with E-state index in [2.05, 4.69) is 4.98 Å². The number of thiazole rings is 1. The van der Waals surface area contributed by atoms with Gasteiger partial charge in [0.25, 0.3) is 0 Å². The Balaban J connectivity index is 0.00000110. The van der Waals surface area contributed by atoms with Crippen LogP contribution in [0.1, 0.15) is 5.56 Å². The summed E-state index contributed by atoms with van der Waals surface area (Å²) in [6, 6.07) is 13.2. The van der Waals surface area contributed by atoms with E-state index < -0.39 is 0 Å². The van der Waals surface area contributed by atoms with Crippen LogP contribution < -0.4 is 11.5 Å². The molecule has 1 heterocycles. The first-order valence-corrected chi connectivity index (χ1v) is 6.56. The second-order valence-electron chi connectivity index (χ2n) is 4.24. The molecule has 0 saturated carbocycles. The van der Waals surface area contributed by atoms with E-state index in [0.29, 0.717) is 0 Å². The van der Waals surface area contributed by atoms with Crippen molar-refractivity contribution in [1.82, 2.24) is 4.98 Å². The molecule has 7 N–H and O–H groups in total. The fourth-order valence-electron chi connectivity index (χ4n) is 1.84. The van der Waals surface area contributed by atoms with Crippen LogP contribution >= 0.6 is 23.7 Å². The molecular formula is C14H15ClN4OS. The van der Waals surface area contributed by atoms with E-state index >= 15 is 0 Å². The maximum absolute atomic E-state index is 7.45. The zero-order chi connectivity index (χ0) is 13.4. The second-order valence-corrected chi connectivity index (χ2v) is 5.27. The van der Waals surface area contributed by atoms with Gasteiger partial charge in [-0.25, -0.2) is 4.98 Å². The fraction of sp³-hybridized carbons (Fsp3) is 0. The van der Waals surface area contributed by atoms with Crippen molar-refractivity contribution in [3.05, 3.63) is 48.0 Å². The number of benzene rings is 2. The first kappa shape index (κ1) is 16.9. The minimum absolute atomic E-state index is 0. The van der Waals surface area contributed by atoms with Crippen LogP contribution in [-0.2, 0) is 0 Å². The van der Waals surface area contributed by atoms with Crippen molar-refractivity contribution in [2.24, 2.45) is 5.73 Å². The third kappa shape index (κ3) is 3.30. The standard InChI is InChI=1S/C14H12N4S.ClH.H2O/c15-10-4-1-8(2-5-10)14-18-11-6-3-9(13(16)17)7-12(11)19-14;;/h1-7H,15H2,(H3,16,17);1H;1H2. The van der Waals surface area contributed by atoms with Crippen molar-refractivity contribution in [3.63, 3.8) is 0 Å². The smallest absolute Gasteiger partial charge is 0.124 e. The Morgan fingerprint density at radius 2 is 1.76 bits per heavy atom. The minimum Gasteiger partial charge on any atom is -0.412 e. The van der Waals surface area contributed by atoms with E-state index in [0.717, 1.165) is 32.0 Å². The number of nitrogens with two attached hydrogens (primary N) is 2. The van der Waals surface area contributed by atoms with E-state index in [1.54, 1.807) is 11.3 Å². The third-order valence-corrected chi connectivity index (χ3v) is 3.92. The van der Waals surface area contributed by atoms with Crippen LogP contribution in [0.2, 0.25) is 0 Å². The predicted molar refractivity (Wildman–Crippen MR) is 91.3 cm³/mol. The van der Waals surface area contributed by atoms with Gasteiger partial charge in [-0.1, -0.05) is 0 Å². The number of anilines is 1. The molecule has 110 valence electrons. The molecule has 0 amide bonds. The molecule has 7 heteroatoms. The number of nitrogen functional groups attached to an aromatic ring is 2. The number of amidine groups is 1. The Morgan fingerprint density at radius 3 is 2.38 bits per heavy atom. The van der Waals surface area contributed by atoms with E-state index in [-0.39, 0.29) is 23.7 Å². The Bertz CT molecular complexity index is 770. The van der Waals surface area contributed by atoms with Crippen molar-refractivity contribution >= 4 is 45.5 Å². The van der Waals surface area contributed by atoms with Gasteiger partial charge in [0.15, 0.2) is 0 Å². The summed E-state index contributed by atoms with van der Waals surface area (Å²) in [7, 11) is 0. The second kappa shape index (κ2) is 6.53. The first-order valence-electron chi connectivity index (χ1n) is 5.74. The summed E-state index contributed by atoms with van der Waals surface area (Å²) in [5.41, 5.74) is 14.6. The van der Waals surface area contributed by atoms with E-state index in [1.165, 1.54) is 0 Å². The molecule has 0 unspecified atom stereocenters. The molecule has 21 heavy (non-hydrogen) atoms. The molecule has 0 atom stereocenters. The maximum Gasteiger partial charge on any atom is 0.124 e. The van der Waals surface area contributed by atoms with Gasteiger partial charge in [-0.2, -0.15) is 0 Å². The summed E-state index contributed by atoms with van der Waals surface area (Å²) < 4.78 is 1.03. The molecule has 0 aliphatic rings. The van der Waals surface area contributed by atoms with Gasteiger partial charge in [-0.15, -0.1) is 23.7 Å². The van der Waals surface area contributed by atoms with Crippen molar-refractivity contribution in [2.75, 3.05) is 5.73 Å². The molecule has 0 spiro atoms. The van der Waals surface area contributed by atoms with Gasteiger partial charge in [0.05, 0.1) is 10.2 Å². The van der Waals surface area contributed by atoms with Crippen LogP contribution in [0.5, 0.6) is 0 Å². The molecule has 0 aliphatic carbocycles. The number of nitrogens with one attached hydrogen (secondary N) is 1. The minimum atomic E-state index is 0. The van der Waals surface area contributed by atoms with Gasteiger partial charge in [-0.05, 0) is 42.5 Å². The molecule has 0 radical (unpaired) electrons. The Hall–Kier alpha value is -2.15. The number of nitrogens with zero attached hydrogens (tertiary/aromatic N) is 1. The predicted octanol–water partition coefficient (Wildman–Crippen LogP) is 2.43. The quantitative estimate of drug-likeness (QED) is 0.381. The lowest BCUT2D eigenvalue weighted by atomic mass is 10.2. The summed E-state index contributed by atoms with van der Waals surface area (Å²) in [6.07, 6.45) is 0. The zero-order valence-electron chi connectivity index (χ0n) is 11.0. The van der Waals surface area contributed by atoms with Gasteiger partial charge >= 0.3 is 0 Å². The molecule has 5 nitrogen and oxygen atoms in total. The Kier molecular flexibility index (Phi) is 5.26. The molecule has 0 bridgehead atoms. The number of halogens is 1. The summed E-state index contributed by atoms with van der Waals surface area (Å²) in [4.78, 5) is 4.58. The van der Waals surface area contributed by atoms with E-state index in [4.69, 9.17) is 16.9 Å². The Morgan fingerprint density at radius 1 is 1.10 bits per heavy atom. The molecule has 1 aromatic heterocycles. The lowest BCUT2D eigenvalue weighted by Crippen LogP contribution is -2.10. The molecule has 0 saturated heterocycles. The topological polar surface area (TPSA) is 120 Å². The molecular weight excluding hydrogens is 308 g/mol. The monoisotopic (exact) mass is 322 g/mol. The number of hydrogen-bond acceptors (Lipinski definition) is 4. The van der Waals surface area contributed by atoms with Crippen LogP contribution in [0, 0.1) is 5.41 Å². The molecule has 2 aromatic carbocycles. The van der Waals surface area contributed by atoms with Gasteiger partial charge in [0, 0.05) is 16.8 Å². The van der Waals surface area contributed by atoms with E-state index in [9.17, 15) is 0 Å². The molecule has 3 rings (SSSR count). The zero-order valence-corrected chi connectivity index (χ0v) is 12.6. The molecule has 0 fully saturated rings. The van der Waals surface area contributed by atoms with E-state index in [1.807, 2.05) is 42.5 Å². The average molecular weight is 323 g/mol. The van der Waals surface area contributed by atoms with Crippen LogP contribution in [0.4, 0.5) is 5.69 Å². The van der Waals surface area contributed by atoms with Crippen LogP contribution in [0.15, 0.2) is 42.5 Å². The maximum atomic E-state index is 7.45. The third-order valence-electron chi connectivity index (χ3n) is 2.86. The average Bonchev–Trinajstić information content (AvgIpc) is 2.82. The largest absolute Gasteiger partial charge is 0.412 e. The van der Waals surface area contributed by atoms with Gasteiger partial charge in [0.1, 0.15) is 10.8 Å². The number of rotatable bonds is 2. The Labute approximate surface area is 131 Å². The van der Waals surface area contributed by atoms with Crippen molar-refractivity contribution < 1.29 is 5.48 Å². The molecule has 3 aromatic rings. The summed E-state index contributed by atoms with van der Waals surface area (Å²) in [5.74, 6) is 0.0735. The van der Waals surface area contributed by atoms with Crippen LogP contribution in [-0.4, -0.2) is 16.3 Å². The lowest BCUT2D eigenvalue weighted by Gasteiger charge is -1.95. The van der Waals surface area contributed by atoms with Crippen LogP contribution in [0.3, 0.4) is 0 Å². The SMILES string of the molecule is Cl.N=C(N)c1ccc2nc(-c3ccc(N)cc3)sc2c1.O. The van der Waals surface area contributed by atoms with Crippen molar-refractivity contribution in [3.8, 4) is 10.6 Å². The van der Waals surface area contributed by atoms with Crippen molar-refractivity contribution in [1.29, 1.82) is 5.41 Å². The van der Waals surface area contributed by atoms with Gasteiger partial charge in [-0.3, -0.25) is 5.41 Å². The highest BCUT2D eigenvalue weighted by Crippen LogP contribution is 2.30. The van der Waals surface area contributed by atoms with Gasteiger partial charge in [0.2, 0.25) is 0 Å². The fourth-order valence-corrected chi connectivity index (χ4v) is 2.85. The molecule has 0 aliphatic heterocycles. The highest BCUT2D eigenvalue weighted by molar-refractivity contribution is 7.21. The first-order chi connectivity index (χ1) is 9.13. The highest BCUT2D eigenvalue weighted by Gasteiger charge is 2.07. The number of fused-ring (bicyclic) bond motifs is 1. The summed E-state index contributed by atoms with van der Waals surface area (Å²) in [5, 5.41) is 8.39. The summed E-state index contributed by atoms with van der Waals surface area (Å²) >= 11 is 1.58. The summed E-state index contributed by atoms with van der Waals surface area (Å²) in [6.45, 7) is 0.